The van der Waals surface area contributed by atoms with Gasteiger partial charge in [-0.05, 0) is 42.7 Å². The second-order valence-corrected chi connectivity index (χ2v) is 6.90. The fourth-order valence-corrected chi connectivity index (χ4v) is 3.21. The Morgan fingerprint density at radius 2 is 1.69 bits per heavy atom. The molecule has 3 rings (SSSR count). The Hall–Kier alpha value is -3.22. The van der Waals surface area contributed by atoms with Crippen LogP contribution in [0.5, 0.6) is 17.2 Å². The number of hydrogen-bond acceptors (Lipinski definition) is 5. The quantitative estimate of drug-likeness (QED) is 0.678. The summed E-state index contributed by atoms with van der Waals surface area (Å²) in [4.78, 5) is 24.7. The molecule has 1 aliphatic carbocycles. The Morgan fingerprint density at radius 3 is 2.41 bits per heavy atom. The number of nitrogens with one attached hydrogen (secondary N) is 2. The third-order valence-electron chi connectivity index (χ3n) is 4.96. The van der Waals surface area contributed by atoms with Gasteiger partial charge in [-0.3, -0.25) is 9.59 Å². The van der Waals surface area contributed by atoms with Gasteiger partial charge in [-0.25, -0.2) is 0 Å². The molecule has 7 nitrogen and oxygen atoms in total. The van der Waals surface area contributed by atoms with E-state index in [1.807, 2.05) is 24.3 Å². The zero-order chi connectivity index (χ0) is 20.8. The average molecular weight is 398 g/mol. The molecule has 0 aromatic heterocycles. The Balaban J connectivity index is 1.46. The van der Waals surface area contributed by atoms with Crippen LogP contribution in [0.4, 0.5) is 5.69 Å². The molecule has 0 bridgehead atoms. The average Bonchev–Trinajstić information content (AvgIpc) is 3.55. The van der Waals surface area contributed by atoms with Crippen LogP contribution < -0.4 is 24.8 Å². The van der Waals surface area contributed by atoms with E-state index in [1.165, 1.54) is 7.11 Å². The van der Waals surface area contributed by atoms with Crippen LogP contribution in [0.3, 0.4) is 0 Å². The number of methoxy groups -OCH3 is 3. The maximum Gasteiger partial charge on any atom is 0.228 e. The molecular weight excluding hydrogens is 372 g/mol. The molecule has 1 aliphatic rings. The van der Waals surface area contributed by atoms with Crippen LogP contribution in [-0.2, 0) is 16.0 Å². The summed E-state index contributed by atoms with van der Waals surface area (Å²) >= 11 is 0. The Bertz CT molecular complexity index is 883. The van der Waals surface area contributed by atoms with E-state index in [1.54, 1.807) is 32.4 Å². The SMILES string of the molecule is COc1cccc(CCNC(=O)C2CC2C(=O)Nc2ccc(OC)c(OC)c2)c1. The van der Waals surface area contributed by atoms with Crippen LogP contribution in [0.2, 0.25) is 0 Å². The topological polar surface area (TPSA) is 85.9 Å². The standard InChI is InChI=1S/C22H26N2O5/c1-27-16-6-4-5-14(11-16)9-10-23-21(25)17-13-18(17)22(26)24-15-7-8-19(28-2)20(12-15)29-3/h4-8,11-12,17-18H,9-10,13H2,1-3H3,(H,23,25)(H,24,26). The van der Waals surface area contributed by atoms with Crippen molar-refractivity contribution in [2.24, 2.45) is 11.8 Å². The van der Waals surface area contributed by atoms with Crippen molar-refractivity contribution in [3.05, 3.63) is 48.0 Å². The summed E-state index contributed by atoms with van der Waals surface area (Å²) < 4.78 is 15.6. The summed E-state index contributed by atoms with van der Waals surface area (Å²) in [6.45, 7) is 0.520. The second-order valence-electron chi connectivity index (χ2n) is 6.90. The normalized spacial score (nSPS) is 17.2. The van der Waals surface area contributed by atoms with E-state index in [-0.39, 0.29) is 23.7 Å². The van der Waals surface area contributed by atoms with Gasteiger partial charge in [0.25, 0.3) is 0 Å². The first-order valence-electron chi connectivity index (χ1n) is 9.49. The van der Waals surface area contributed by atoms with Crippen molar-refractivity contribution in [2.75, 3.05) is 33.2 Å². The van der Waals surface area contributed by atoms with Crippen molar-refractivity contribution in [3.8, 4) is 17.2 Å². The van der Waals surface area contributed by atoms with Crippen LogP contribution in [-0.4, -0.2) is 39.7 Å². The highest BCUT2D eigenvalue weighted by atomic mass is 16.5. The largest absolute Gasteiger partial charge is 0.497 e. The zero-order valence-corrected chi connectivity index (χ0v) is 16.9. The molecule has 0 radical (unpaired) electrons. The Kier molecular flexibility index (Phi) is 6.59. The van der Waals surface area contributed by atoms with Crippen molar-refractivity contribution in [1.29, 1.82) is 0 Å². The smallest absolute Gasteiger partial charge is 0.228 e. The number of anilines is 1. The summed E-state index contributed by atoms with van der Waals surface area (Å²) in [5.41, 5.74) is 1.69. The molecule has 2 unspecified atom stereocenters. The van der Waals surface area contributed by atoms with Gasteiger partial charge in [0.1, 0.15) is 5.75 Å². The molecule has 0 saturated heterocycles. The number of hydrogen-bond donors (Lipinski definition) is 2. The third kappa shape index (κ3) is 5.19. The summed E-state index contributed by atoms with van der Waals surface area (Å²) in [6, 6.07) is 12.9. The summed E-state index contributed by atoms with van der Waals surface area (Å²) in [5, 5.41) is 5.76. The van der Waals surface area contributed by atoms with Crippen molar-refractivity contribution in [1.82, 2.24) is 5.32 Å². The van der Waals surface area contributed by atoms with Crippen molar-refractivity contribution >= 4 is 17.5 Å². The predicted molar refractivity (Wildman–Crippen MR) is 109 cm³/mol. The first kappa shape index (κ1) is 20.5. The van der Waals surface area contributed by atoms with Gasteiger partial charge in [-0.2, -0.15) is 0 Å². The lowest BCUT2D eigenvalue weighted by atomic mass is 10.1. The third-order valence-corrected chi connectivity index (χ3v) is 4.96. The van der Waals surface area contributed by atoms with E-state index in [0.29, 0.717) is 36.6 Å². The van der Waals surface area contributed by atoms with E-state index in [2.05, 4.69) is 10.6 Å². The summed E-state index contributed by atoms with van der Waals surface area (Å²) in [7, 11) is 4.72. The molecule has 7 heteroatoms. The Labute approximate surface area is 170 Å². The number of benzene rings is 2. The first-order valence-corrected chi connectivity index (χ1v) is 9.49. The van der Waals surface area contributed by atoms with Crippen molar-refractivity contribution in [3.63, 3.8) is 0 Å². The molecule has 154 valence electrons. The fraction of sp³-hybridized carbons (Fsp3) is 0.364. The molecule has 2 aromatic carbocycles. The summed E-state index contributed by atoms with van der Waals surface area (Å²) in [5.74, 6) is 1.09. The molecule has 2 amide bonds. The molecule has 0 heterocycles. The lowest BCUT2D eigenvalue weighted by Crippen LogP contribution is -2.29. The molecule has 1 fully saturated rings. The number of rotatable bonds is 9. The highest BCUT2D eigenvalue weighted by Crippen LogP contribution is 2.40. The van der Waals surface area contributed by atoms with E-state index in [9.17, 15) is 9.59 Å². The van der Waals surface area contributed by atoms with E-state index in [4.69, 9.17) is 14.2 Å². The van der Waals surface area contributed by atoms with Gasteiger partial charge in [0.05, 0.1) is 33.2 Å². The molecule has 0 spiro atoms. The minimum atomic E-state index is -0.306. The lowest BCUT2D eigenvalue weighted by Gasteiger charge is -2.10. The fourth-order valence-electron chi connectivity index (χ4n) is 3.21. The maximum absolute atomic E-state index is 12.4. The van der Waals surface area contributed by atoms with Gasteiger partial charge >= 0.3 is 0 Å². The van der Waals surface area contributed by atoms with Crippen molar-refractivity contribution < 1.29 is 23.8 Å². The maximum atomic E-state index is 12.4. The van der Waals surface area contributed by atoms with Gasteiger partial charge in [0.2, 0.25) is 11.8 Å². The zero-order valence-electron chi connectivity index (χ0n) is 16.9. The number of carbonyl (C=O) groups is 2. The van der Waals surface area contributed by atoms with E-state index in [0.717, 1.165) is 11.3 Å². The lowest BCUT2D eigenvalue weighted by molar-refractivity contribution is -0.125. The van der Waals surface area contributed by atoms with Crippen LogP contribution >= 0.6 is 0 Å². The molecule has 2 aromatic rings. The predicted octanol–water partition coefficient (Wildman–Crippen LogP) is 2.65. The highest BCUT2D eigenvalue weighted by Gasteiger charge is 2.47. The molecule has 0 aliphatic heterocycles. The highest BCUT2D eigenvalue weighted by molar-refractivity contribution is 5.99. The monoisotopic (exact) mass is 398 g/mol. The molecule has 29 heavy (non-hydrogen) atoms. The van der Waals surface area contributed by atoms with Gasteiger partial charge in [-0.1, -0.05) is 12.1 Å². The molecule has 2 N–H and O–H groups in total. The number of ether oxygens (including phenoxy) is 3. The van der Waals surface area contributed by atoms with Crippen LogP contribution in [0.15, 0.2) is 42.5 Å². The van der Waals surface area contributed by atoms with Crippen LogP contribution in [0, 0.1) is 11.8 Å². The van der Waals surface area contributed by atoms with Gasteiger partial charge < -0.3 is 24.8 Å². The number of amides is 2. The molecular formula is C22H26N2O5. The number of carbonyl (C=O) groups excluding carboxylic acids is 2. The van der Waals surface area contributed by atoms with Crippen LogP contribution in [0.1, 0.15) is 12.0 Å². The van der Waals surface area contributed by atoms with Crippen LogP contribution in [0.25, 0.3) is 0 Å². The molecule has 1 saturated carbocycles. The van der Waals surface area contributed by atoms with Gasteiger partial charge in [0, 0.05) is 18.3 Å². The Morgan fingerprint density at radius 1 is 0.931 bits per heavy atom. The minimum absolute atomic E-state index is 0.0830. The summed E-state index contributed by atoms with van der Waals surface area (Å²) in [6.07, 6.45) is 1.27. The first-order chi connectivity index (χ1) is 14.0. The van der Waals surface area contributed by atoms with Crippen molar-refractivity contribution in [2.45, 2.75) is 12.8 Å². The van der Waals surface area contributed by atoms with E-state index >= 15 is 0 Å². The van der Waals surface area contributed by atoms with E-state index < -0.39 is 0 Å². The second kappa shape index (κ2) is 9.32. The van der Waals surface area contributed by atoms with Gasteiger partial charge in [-0.15, -0.1) is 0 Å². The minimum Gasteiger partial charge on any atom is -0.497 e. The molecule has 2 atom stereocenters. The van der Waals surface area contributed by atoms with Gasteiger partial charge in [0.15, 0.2) is 11.5 Å².